The third-order valence-electron chi connectivity index (χ3n) is 2.66. The normalized spacial score (nSPS) is 14.8. The molecule has 0 saturated heterocycles. The van der Waals surface area contributed by atoms with Crippen LogP contribution >= 0.6 is 0 Å². The molecular weight excluding hydrogens is 278 g/mol. The Bertz CT molecular complexity index is 496. The van der Waals surface area contributed by atoms with E-state index < -0.39 is 16.1 Å². The van der Waals surface area contributed by atoms with Gasteiger partial charge in [0.2, 0.25) is 10.0 Å². The first-order valence-electron chi connectivity index (χ1n) is 6.78. The largest absolute Gasteiger partial charge is 0.494 e. The number of aliphatic hydroxyl groups excluding tert-OH is 1. The Morgan fingerprint density at radius 2 is 1.85 bits per heavy atom. The number of rotatable bonds is 8. The summed E-state index contributed by atoms with van der Waals surface area (Å²) in [5, 5.41) is 9.26. The van der Waals surface area contributed by atoms with E-state index >= 15 is 0 Å². The number of sulfonamides is 1. The van der Waals surface area contributed by atoms with Gasteiger partial charge in [0, 0.05) is 6.04 Å². The van der Waals surface area contributed by atoms with Crippen LogP contribution in [0.1, 0.15) is 33.6 Å². The second kappa shape index (κ2) is 7.61. The van der Waals surface area contributed by atoms with Gasteiger partial charge >= 0.3 is 0 Å². The van der Waals surface area contributed by atoms with Gasteiger partial charge < -0.3 is 9.84 Å². The van der Waals surface area contributed by atoms with Crippen molar-refractivity contribution < 1.29 is 18.3 Å². The zero-order valence-electron chi connectivity index (χ0n) is 12.2. The van der Waals surface area contributed by atoms with Crippen LogP contribution in [0.5, 0.6) is 5.75 Å². The highest BCUT2D eigenvalue weighted by atomic mass is 32.2. The monoisotopic (exact) mass is 301 g/mol. The first-order valence-corrected chi connectivity index (χ1v) is 8.26. The fourth-order valence-corrected chi connectivity index (χ4v) is 3.08. The SMILES string of the molecule is CCCOc1ccc(S(=O)(=O)NC(C)CC(C)O)cc1. The second-order valence-electron chi connectivity index (χ2n) is 4.93. The minimum atomic E-state index is -3.56. The summed E-state index contributed by atoms with van der Waals surface area (Å²) in [7, 11) is -3.56. The van der Waals surface area contributed by atoms with Crippen molar-refractivity contribution >= 4 is 10.0 Å². The van der Waals surface area contributed by atoms with Crippen molar-refractivity contribution in [2.45, 2.75) is 50.7 Å². The fourth-order valence-electron chi connectivity index (χ4n) is 1.83. The van der Waals surface area contributed by atoms with Gasteiger partial charge in [-0.3, -0.25) is 0 Å². The van der Waals surface area contributed by atoms with Crippen molar-refractivity contribution in [2.75, 3.05) is 6.61 Å². The maximum Gasteiger partial charge on any atom is 0.240 e. The highest BCUT2D eigenvalue weighted by Gasteiger charge is 2.18. The van der Waals surface area contributed by atoms with Crippen LogP contribution in [0.2, 0.25) is 0 Å². The third kappa shape index (κ3) is 5.48. The lowest BCUT2D eigenvalue weighted by molar-refractivity contribution is 0.175. The predicted octanol–water partition coefficient (Wildman–Crippen LogP) is 1.91. The molecule has 0 heterocycles. The molecule has 2 N–H and O–H groups in total. The van der Waals surface area contributed by atoms with Gasteiger partial charge in [-0.2, -0.15) is 0 Å². The van der Waals surface area contributed by atoms with Crippen LogP contribution in [0, 0.1) is 0 Å². The van der Waals surface area contributed by atoms with Crippen molar-refractivity contribution in [3.05, 3.63) is 24.3 Å². The fraction of sp³-hybridized carbons (Fsp3) is 0.571. The minimum absolute atomic E-state index is 0.193. The molecule has 1 aromatic rings. The smallest absolute Gasteiger partial charge is 0.240 e. The van der Waals surface area contributed by atoms with Crippen LogP contribution in [0.3, 0.4) is 0 Å². The van der Waals surface area contributed by atoms with E-state index in [-0.39, 0.29) is 10.9 Å². The van der Waals surface area contributed by atoms with Gasteiger partial charge in [-0.25, -0.2) is 13.1 Å². The van der Waals surface area contributed by atoms with Gasteiger partial charge in [0.15, 0.2) is 0 Å². The summed E-state index contributed by atoms with van der Waals surface area (Å²) >= 11 is 0. The summed E-state index contributed by atoms with van der Waals surface area (Å²) in [4.78, 5) is 0.193. The molecule has 0 saturated carbocycles. The number of ether oxygens (including phenoxy) is 1. The number of benzene rings is 1. The highest BCUT2D eigenvalue weighted by Crippen LogP contribution is 2.16. The predicted molar refractivity (Wildman–Crippen MR) is 78.3 cm³/mol. The Morgan fingerprint density at radius 3 is 2.35 bits per heavy atom. The zero-order chi connectivity index (χ0) is 15.2. The molecule has 2 unspecified atom stereocenters. The molecule has 0 amide bonds. The van der Waals surface area contributed by atoms with Crippen LogP contribution < -0.4 is 9.46 Å². The summed E-state index contributed by atoms with van der Waals surface area (Å²) < 4.78 is 32.2. The average Bonchev–Trinajstić information content (AvgIpc) is 2.35. The van der Waals surface area contributed by atoms with Gasteiger partial charge in [-0.05, 0) is 51.0 Å². The zero-order valence-corrected chi connectivity index (χ0v) is 13.0. The summed E-state index contributed by atoms with van der Waals surface area (Å²) in [6, 6.07) is 5.99. The molecule has 0 bridgehead atoms. The van der Waals surface area contributed by atoms with Gasteiger partial charge in [0.25, 0.3) is 0 Å². The Morgan fingerprint density at radius 1 is 1.25 bits per heavy atom. The van der Waals surface area contributed by atoms with E-state index in [9.17, 15) is 13.5 Å². The van der Waals surface area contributed by atoms with Crippen LogP contribution in [0.4, 0.5) is 0 Å². The molecule has 2 atom stereocenters. The van der Waals surface area contributed by atoms with Crippen LogP contribution in [0.25, 0.3) is 0 Å². The van der Waals surface area contributed by atoms with Crippen molar-refractivity contribution in [3.63, 3.8) is 0 Å². The summed E-state index contributed by atoms with van der Waals surface area (Å²) in [5.74, 6) is 0.655. The molecule has 0 aliphatic rings. The van der Waals surface area contributed by atoms with E-state index in [1.165, 1.54) is 12.1 Å². The van der Waals surface area contributed by atoms with Crippen LogP contribution in [0.15, 0.2) is 29.2 Å². The Labute approximate surface area is 121 Å². The molecule has 5 nitrogen and oxygen atoms in total. The molecule has 0 fully saturated rings. The van der Waals surface area contributed by atoms with Crippen LogP contribution in [-0.4, -0.2) is 32.3 Å². The quantitative estimate of drug-likeness (QED) is 0.769. The Balaban J connectivity index is 2.72. The molecule has 1 rings (SSSR count). The van der Waals surface area contributed by atoms with E-state index in [1.807, 2.05) is 6.92 Å². The highest BCUT2D eigenvalue weighted by molar-refractivity contribution is 7.89. The van der Waals surface area contributed by atoms with E-state index in [2.05, 4.69) is 4.72 Å². The van der Waals surface area contributed by atoms with E-state index in [0.717, 1.165) is 6.42 Å². The van der Waals surface area contributed by atoms with Crippen molar-refractivity contribution in [1.82, 2.24) is 4.72 Å². The number of aliphatic hydroxyl groups is 1. The topological polar surface area (TPSA) is 75.6 Å². The lowest BCUT2D eigenvalue weighted by Gasteiger charge is -2.15. The molecule has 0 radical (unpaired) electrons. The van der Waals surface area contributed by atoms with Gasteiger partial charge in [-0.1, -0.05) is 6.92 Å². The number of hydrogen-bond acceptors (Lipinski definition) is 4. The molecule has 0 aromatic heterocycles. The number of nitrogens with one attached hydrogen (secondary N) is 1. The third-order valence-corrected chi connectivity index (χ3v) is 4.26. The lowest BCUT2D eigenvalue weighted by atomic mass is 10.2. The van der Waals surface area contributed by atoms with Crippen molar-refractivity contribution in [1.29, 1.82) is 0 Å². The lowest BCUT2D eigenvalue weighted by Crippen LogP contribution is -2.34. The van der Waals surface area contributed by atoms with E-state index in [0.29, 0.717) is 18.8 Å². The average molecular weight is 301 g/mol. The maximum atomic E-state index is 12.1. The summed E-state index contributed by atoms with van der Waals surface area (Å²) in [6.45, 7) is 5.97. The number of hydrogen-bond donors (Lipinski definition) is 2. The second-order valence-corrected chi connectivity index (χ2v) is 6.64. The molecular formula is C14H23NO4S. The van der Waals surface area contributed by atoms with E-state index in [1.54, 1.807) is 26.0 Å². The van der Waals surface area contributed by atoms with Crippen molar-refractivity contribution in [3.8, 4) is 5.75 Å². The molecule has 1 aromatic carbocycles. The minimum Gasteiger partial charge on any atom is -0.494 e. The maximum absolute atomic E-state index is 12.1. The summed E-state index contributed by atoms with van der Waals surface area (Å²) in [6.07, 6.45) is 0.729. The van der Waals surface area contributed by atoms with E-state index in [4.69, 9.17) is 4.74 Å². The molecule has 6 heteroatoms. The Kier molecular flexibility index (Phi) is 6.45. The molecule has 0 spiro atoms. The molecule has 0 aliphatic carbocycles. The molecule has 114 valence electrons. The van der Waals surface area contributed by atoms with Crippen molar-refractivity contribution in [2.24, 2.45) is 0 Å². The van der Waals surface area contributed by atoms with Gasteiger partial charge in [0.05, 0.1) is 17.6 Å². The van der Waals surface area contributed by atoms with Gasteiger partial charge in [-0.15, -0.1) is 0 Å². The molecule has 20 heavy (non-hydrogen) atoms. The van der Waals surface area contributed by atoms with Crippen LogP contribution in [-0.2, 0) is 10.0 Å². The Hall–Kier alpha value is -1.11. The standard InChI is InChI=1S/C14H23NO4S/c1-4-9-19-13-5-7-14(8-6-13)20(17,18)15-11(2)10-12(3)16/h5-8,11-12,15-16H,4,9-10H2,1-3H3. The first kappa shape index (κ1) is 16.9. The summed E-state index contributed by atoms with van der Waals surface area (Å²) in [5.41, 5.74) is 0. The van der Waals surface area contributed by atoms with Gasteiger partial charge in [0.1, 0.15) is 5.75 Å². The first-order chi connectivity index (χ1) is 9.35. The molecule has 0 aliphatic heterocycles.